The first kappa shape index (κ1) is 15.4. The number of rotatable bonds is 3. The maximum absolute atomic E-state index is 11.7. The Morgan fingerprint density at radius 2 is 1.80 bits per heavy atom. The van der Waals surface area contributed by atoms with Gasteiger partial charge in [0.1, 0.15) is 0 Å². The third kappa shape index (κ3) is 3.91. The van der Waals surface area contributed by atoms with Gasteiger partial charge >= 0.3 is 12.1 Å². The van der Waals surface area contributed by atoms with E-state index in [1.165, 1.54) is 4.72 Å². The highest BCUT2D eigenvalue weighted by molar-refractivity contribution is 7.90. The Balaban J connectivity index is 2.86. The van der Waals surface area contributed by atoms with Crippen LogP contribution in [0.3, 0.4) is 0 Å². The fourth-order valence-electron chi connectivity index (χ4n) is 1.10. The van der Waals surface area contributed by atoms with Crippen molar-refractivity contribution in [2.75, 3.05) is 7.11 Å². The molecule has 1 aromatic carbocycles. The maximum atomic E-state index is 11.7. The third-order valence-corrected chi connectivity index (χ3v) is 3.33. The highest BCUT2D eigenvalue weighted by Crippen LogP contribution is 2.15. The maximum Gasteiger partial charge on any atom is 0.415 e. The summed E-state index contributed by atoms with van der Waals surface area (Å²) in [6, 6.07) is 2.52. The van der Waals surface area contributed by atoms with Gasteiger partial charge in [0, 0.05) is 12.1 Å². The Labute approximate surface area is 112 Å². The van der Waals surface area contributed by atoms with Gasteiger partial charge in [-0.1, -0.05) is 0 Å². The molecule has 0 saturated carbocycles. The number of carbonyl (C=O) groups excluding carboxylic acids is 2. The predicted octanol–water partition coefficient (Wildman–Crippen LogP) is 0.349. The van der Waals surface area contributed by atoms with Crippen LogP contribution in [0.25, 0.3) is 0 Å². The number of nitrogens with zero attached hydrogens (tertiary/aromatic N) is 1. The van der Waals surface area contributed by atoms with Crippen molar-refractivity contribution < 1.29 is 27.7 Å². The van der Waals surface area contributed by atoms with Crippen molar-refractivity contribution in [1.29, 1.82) is 0 Å². The molecule has 0 bridgehead atoms. The minimum absolute atomic E-state index is 0.303. The summed E-state index contributed by atoms with van der Waals surface area (Å²) >= 11 is 0. The molecular weight excluding hydrogens is 294 g/mol. The molecule has 0 aromatic heterocycles. The van der Waals surface area contributed by atoms with Gasteiger partial charge in [0.15, 0.2) is 0 Å². The van der Waals surface area contributed by atoms with Gasteiger partial charge in [0.2, 0.25) is 0 Å². The summed E-state index contributed by atoms with van der Waals surface area (Å²) in [6.07, 6.45) is -1.14. The number of hydrogen-bond donors (Lipinski definition) is 2. The standard InChI is InChI=1S/C9H9N3O7S/c1-19-9(14)10-8(13)11-20(17,18)7-4-2-6(3-5-7)12(15)16/h2-5H,1H3,(H2,10,11,13,14). The van der Waals surface area contributed by atoms with Crippen LogP contribution >= 0.6 is 0 Å². The lowest BCUT2D eigenvalue weighted by atomic mass is 10.3. The highest BCUT2D eigenvalue weighted by atomic mass is 32.2. The summed E-state index contributed by atoms with van der Waals surface area (Å²) in [4.78, 5) is 31.2. The van der Waals surface area contributed by atoms with Crippen LogP contribution in [0.2, 0.25) is 0 Å². The number of sulfonamides is 1. The Morgan fingerprint density at radius 1 is 1.25 bits per heavy atom. The topological polar surface area (TPSA) is 145 Å². The largest absolute Gasteiger partial charge is 0.453 e. The number of nitro benzene ring substituents is 1. The van der Waals surface area contributed by atoms with E-state index >= 15 is 0 Å². The summed E-state index contributed by atoms with van der Waals surface area (Å²) in [5.41, 5.74) is -0.303. The molecular formula is C9H9N3O7S. The number of non-ortho nitro benzene ring substituents is 1. The molecule has 0 fully saturated rings. The van der Waals surface area contributed by atoms with Crippen molar-refractivity contribution in [2.45, 2.75) is 4.90 Å². The van der Waals surface area contributed by atoms with Crippen molar-refractivity contribution in [1.82, 2.24) is 10.0 Å². The molecule has 11 heteroatoms. The minimum atomic E-state index is -4.25. The van der Waals surface area contributed by atoms with E-state index in [0.29, 0.717) is 0 Å². The molecule has 0 radical (unpaired) electrons. The molecule has 0 aliphatic heterocycles. The smallest absolute Gasteiger partial charge is 0.415 e. The Bertz CT molecular complexity index is 638. The number of urea groups is 1. The fraction of sp³-hybridized carbons (Fsp3) is 0.111. The lowest BCUT2D eigenvalue weighted by Gasteiger charge is -2.06. The van der Waals surface area contributed by atoms with Gasteiger partial charge in [-0.2, -0.15) is 0 Å². The van der Waals surface area contributed by atoms with Crippen LogP contribution in [-0.4, -0.2) is 32.6 Å². The molecule has 0 spiro atoms. The molecule has 0 heterocycles. The van der Waals surface area contributed by atoms with Gasteiger partial charge in [-0.3, -0.25) is 10.1 Å². The predicted molar refractivity (Wildman–Crippen MR) is 64.4 cm³/mol. The normalized spacial score (nSPS) is 10.4. The van der Waals surface area contributed by atoms with Crippen LogP contribution in [-0.2, 0) is 14.8 Å². The number of carbonyl (C=O) groups is 2. The van der Waals surface area contributed by atoms with E-state index in [0.717, 1.165) is 31.4 Å². The molecule has 1 rings (SSSR count). The van der Waals surface area contributed by atoms with E-state index < -0.39 is 27.1 Å². The second kappa shape index (κ2) is 5.97. The van der Waals surface area contributed by atoms with E-state index in [4.69, 9.17) is 0 Å². The minimum Gasteiger partial charge on any atom is -0.453 e. The lowest BCUT2D eigenvalue weighted by molar-refractivity contribution is -0.384. The average Bonchev–Trinajstić information content (AvgIpc) is 2.37. The lowest BCUT2D eigenvalue weighted by Crippen LogP contribution is -2.42. The van der Waals surface area contributed by atoms with Crippen LogP contribution < -0.4 is 10.0 Å². The summed E-state index contributed by atoms with van der Waals surface area (Å²) in [6.45, 7) is 0. The van der Waals surface area contributed by atoms with Crippen LogP contribution in [0, 0.1) is 10.1 Å². The molecule has 0 aliphatic carbocycles. The summed E-state index contributed by atoms with van der Waals surface area (Å²) < 4.78 is 29.0. The zero-order valence-electron chi connectivity index (χ0n) is 10.0. The Morgan fingerprint density at radius 3 is 2.25 bits per heavy atom. The van der Waals surface area contributed by atoms with Crippen LogP contribution in [0.4, 0.5) is 15.3 Å². The van der Waals surface area contributed by atoms with Gasteiger partial charge in [-0.25, -0.2) is 28.0 Å². The molecule has 1 aromatic rings. The van der Waals surface area contributed by atoms with Crippen LogP contribution in [0.1, 0.15) is 0 Å². The first-order valence-electron chi connectivity index (χ1n) is 4.92. The monoisotopic (exact) mass is 303 g/mol. The zero-order valence-corrected chi connectivity index (χ0v) is 10.8. The van der Waals surface area contributed by atoms with Crippen molar-refractivity contribution in [3.8, 4) is 0 Å². The summed E-state index contributed by atoms with van der Waals surface area (Å²) in [5.74, 6) is 0. The number of methoxy groups -OCH3 is 1. The highest BCUT2D eigenvalue weighted by Gasteiger charge is 2.20. The van der Waals surface area contributed by atoms with E-state index in [-0.39, 0.29) is 10.6 Å². The molecule has 2 N–H and O–H groups in total. The SMILES string of the molecule is COC(=O)NC(=O)NS(=O)(=O)c1ccc([N+](=O)[O-])cc1. The number of nitrogens with one attached hydrogen (secondary N) is 2. The third-order valence-electron chi connectivity index (χ3n) is 1.99. The number of ether oxygens (including phenoxy) is 1. The molecule has 3 amide bonds. The number of benzene rings is 1. The first-order valence-corrected chi connectivity index (χ1v) is 6.41. The second-order valence-electron chi connectivity index (χ2n) is 3.30. The molecule has 20 heavy (non-hydrogen) atoms. The number of alkyl carbamates (subject to hydrolysis) is 1. The van der Waals surface area contributed by atoms with Crippen molar-refractivity contribution in [3.63, 3.8) is 0 Å². The molecule has 0 saturated heterocycles. The quantitative estimate of drug-likeness (QED) is 0.605. The van der Waals surface area contributed by atoms with Gasteiger partial charge < -0.3 is 4.74 Å². The van der Waals surface area contributed by atoms with Gasteiger partial charge in [-0.05, 0) is 12.1 Å². The molecule has 0 unspecified atom stereocenters. The molecule has 108 valence electrons. The summed E-state index contributed by atoms with van der Waals surface area (Å²) in [5, 5.41) is 12.0. The van der Waals surface area contributed by atoms with Gasteiger partial charge in [0.05, 0.1) is 16.9 Å². The van der Waals surface area contributed by atoms with E-state index in [2.05, 4.69) is 4.74 Å². The summed E-state index contributed by atoms with van der Waals surface area (Å²) in [7, 11) is -3.25. The average molecular weight is 303 g/mol. The fourth-order valence-corrected chi connectivity index (χ4v) is 2.00. The molecule has 0 atom stereocenters. The number of hydrogen-bond acceptors (Lipinski definition) is 7. The molecule has 10 nitrogen and oxygen atoms in total. The van der Waals surface area contributed by atoms with E-state index in [1.807, 2.05) is 0 Å². The van der Waals surface area contributed by atoms with Crippen molar-refractivity contribution >= 4 is 27.8 Å². The number of nitro groups is 1. The Hall–Kier alpha value is -2.69. The van der Waals surface area contributed by atoms with E-state index in [9.17, 15) is 28.1 Å². The number of imide groups is 1. The molecule has 0 aliphatic rings. The zero-order chi connectivity index (χ0) is 15.3. The van der Waals surface area contributed by atoms with Crippen molar-refractivity contribution in [2.24, 2.45) is 0 Å². The Kier molecular flexibility index (Phi) is 4.59. The van der Waals surface area contributed by atoms with Crippen LogP contribution in [0.5, 0.6) is 0 Å². The van der Waals surface area contributed by atoms with Crippen LogP contribution in [0.15, 0.2) is 29.2 Å². The second-order valence-corrected chi connectivity index (χ2v) is 4.98. The van der Waals surface area contributed by atoms with Crippen molar-refractivity contribution in [3.05, 3.63) is 34.4 Å². The van der Waals surface area contributed by atoms with E-state index in [1.54, 1.807) is 5.32 Å². The van der Waals surface area contributed by atoms with Gasteiger partial charge in [0.25, 0.3) is 15.7 Å². The van der Waals surface area contributed by atoms with Gasteiger partial charge in [-0.15, -0.1) is 0 Å². The first-order chi connectivity index (χ1) is 9.26. The number of amides is 3.